The molecule has 0 aliphatic rings. The fourth-order valence-electron chi connectivity index (χ4n) is 0.158. The van der Waals surface area contributed by atoms with E-state index in [2.05, 4.69) is 0 Å². The number of hydrogen-bond acceptors (Lipinski definition) is 2. The molecule has 0 aliphatic carbocycles. The molecular weight excluding hydrogens is 94.0 g/mol. The van der Waals surface area contributed by atoms with Crippen molar-refractivity contribution in [2.75, 3.05) is 20.7 Å². The molecule has 2 N–H and O–H groups in total. The van der Waals surface area contributed by atoms with Crippen LogP contribution in [0.1, 0.15) is 0 Å². The number of hydrogen-bond donors (Lipinski definition) is 2. The molecule has 0 unspecified atom stereocenters. The maximum absolute atomic E-state index is 10.2. The molecule has 0 heterocycles. The van der Waals surface area contributed by atoms with Gasteiger partial charge in [-0.1, -0.05) is 0 Å². The van der Waals surface area contributed by atoms with Crippen molar-refractivity contribution in [3.63, 3.8) is 0 Å². The van der Waals surface area contributed by atoms with Crippen LogP contribution in [0.25, 0.3) is 0 Å². The number of aliphatic hydroxyl groups is 1. The van der Waals surface area contributed by atoms with Crippen molar-refractivity contribution in [1.82, 2.24) is 0 Å². The van der Waals surface area contributed by atoms with Crippen LogP contribution in [0.15, 0.2) is 0 Å². The molecule has 0 aromatic heterocycles. The molecule has 0 spiro atoms. The Labute approximate surface area is 42.5 Å². The van der Waals surface area contributed by atoms with Crippen LogP contribution in [0.4, 0.5) is 0 Å². The quantitative estimate of drug-likeness (QED) is 0.391. The van der Waals surface area contributed by atoms with E-state index in [-0.39, 0.29) is 12.5 Å². The summed E-state index contributed by atoms with van der Waals surface area (Å²) in [5, 5.41) is 8.13. The van der Waals surface area contributed by atoms with Crippen molar-refractivity contribution in [2.24, 2.45) is 0 Å². The van der Waals surface area contributed by atoms with Crippen LogP contribution in [-0.4, -0.2) is 31.7 Å². The predicted molar refractivity (Wildman–Crippen MR) is 24.9 cm³/mol. The molecule has 3 heteroatoms. The summed E-state index contributed by atoms with van der Waals surface area (Å²) >= 11 is 0. The second-order valence-electron chi connectivity index (χ2n) is 1.58. The molecule has 0 aliphatic heterocycles. The van der Waals surface area contributed by atoms with Gasteiger partial charge in [-0.3, -0.25) is 4.90 Å². The normalized spacial score (nSPS) is 9.71. The first-order chi connectivity index (χ1) is 3.18. The minimum atomic E-state index is -0.359. The fourth-order valence-corrected chi connectivity index (χ4v) is 0.158. The Kier molecular flexibility index (Phi) is 2.55. The molecular formula is C4H10NO2+. The molecule has 0 saturated carbocycles. The van der Waals surface area contributed by atoms with Gasteiger partial charge in [-0.2, -0.15) is 0 Å². The summed E-state index contributed by atoms with van der Waals surface area (Å²) in [6.45, 7) is -0.359. The summed E-state index contributed by atoms with van der Waals surface area (Å²) in [6.07, 6.45) is 0. The topological polar surface area (TPSA) is 41.7 Å². The second kappa shape index (κ2) is 2.71. The average Bonchev–Trinajstić information content (AvgIpc) is 1.65. The van der Waals surface area contributed by atoms with Crippen molar-refractivity contribution in [1.29, 1.82) is 0 Å². The highest BCUT2D eigenvalue weighted by Gasteiger charge is 2.03. The van der Waals surface area contributed by atoms with Crippen LogP contribution in [0.3, 0.4) is 0 Å². The predicted octanol–water partition coefficient (Wildman–Crippen LogP) is -2.35. The lowest BCUT2D eigenvalue weighted by atomic mass is 10.6. The third-order valence-electron chi connectivity index (χ3n) is 0.701. The maximum atomic E-state index is 10.2. The highest BCUT2D eigenvalue weighted by atomic mass is 16.3. The first kappa shape index (κ1) is 6.59. The molecule has 7 heavy (non-hydrogen) atoms. The maximum Gasteiger partial charge on any atom is 0.337 e. The summed E-state index contributed by atoms with van der Waals surface area (Å²) < 4.78 is 0. The summed E-state index contributed by atoms with van der Waals surface area (Å²) in [5.41, 5.74) is 0. The number of nitrogens with one attached hydrogen (secondary N) is 1. The van der Waals surface area contributed by atoms with Crippen LogP contribution in [0.2, 0.25) is 0 Å². The van der Waals surface area contributed by atoms with E-state index in [0.717, 1.165) is 0 Å². The zero-order chi connectivity index (χ0) is 5.86. The molecule has 0 atom stereocenters. The third kappa shape index (κ3) is 2.31. The van der Waals surface area contributed by atoms with Gasteiger partial charge in [-0.25, -0.2) is 4.79 Å². The number of quaternary nitrogens is 1. The minimum Gasteiger partial charge on any atom is -0.382 e. The summed E-state index contributed by atoms with van der Waals surface area (Å²) in [5.74, 6) is -0.181. The molecule has 0 aromatic rings. The van der Waals surface area contributed by atoms with Gasteiger partial charge in [0.15, 0.2) is 6.61 Å². The van der Waals surface area contributed by atoms with Crippen molar-refractivity contribution in [3.05, 3.63) is 0 Å². The Morgan fingerprint density at radius 1 is 1.71 bits per heavy atom. The number of likely N-dealkylation sites (N-methyl/N-ethyl adjacent to an activating group) is 1. The van der Waals surface area contributed by atoms with Crippen molar-refractivity contribution in [3.8, 4) is 0 Å². The van der Waals surface area contributed by atoms with E-state index < -0.39 is 0 Å². The largest absolute Gasteiger partial charge is 0.382 e. The SMILES string of the molecule is C[NH+](C)C(=O)CO. The van der Waals surface area contributed by atoms with Crippen LogP contribution >= 0.6 is 0 Å². The third-order valence-corrected chi connectivity index (χ3v) is 0.701. The van der Waals surface area contributed by atoms with E-state index in [0.29, 0.717) is 4.90 Å². The zero-order valence-electron chi connectivity index (χ0n) is 4.56. The molecule has 0 radical (unpaired) electrons. The lowest BCUT2D eigenvalue weighted by Crippen LogP contribution is -3.09. The second-order valence-corrected chi connectivity index (χ2v) is 1.58. The number of rotatable bonds is 1. The number of aliphatic hydroxyl groups excluding tert-OH is 1. The Morgan fingerprint density at radius 2 is 2.14 bits per heavy atom. The number of carbonyl (C=O) groups is 1. The standard InChI is InChI=1S/C4H9NO2/c1-5(2)4(7)3-6/h6H,3H2,1-2H3/p+1. The van der Waals surface area contributed by atoms with Gasteiger partial charge in [0.1, 0.15) is 0 Å². The summed E-state index contributed by atoms with van der Waals surface area (Å²) in [4.78, 5) is 10.9. The van der Waals surface area contributed by atoms with E-state index in [9.17, 15) is 4.79 Å². The van der Waals surface area contributed by atoms with Crippen molar-refractivity contribution < 1.29 is 14.8 Å². The van der Waals surface area contributed by atoms with Gasteiger partial charge in [0.2, 0.25) is 0 Å². The molecule has 0 rings (SSSR count). The molecule has 0 saturated heterocycles. The van der Waals surface area contributed by atoms with E-state index in [4.69, 9.17) is 5.11 Å². The van der Waals surface area contributed by atoms with E-state index >= 15 is 0 Å². The molecule has 0 bridgehead atoms. The highest BCUT2D eigenvalue weighted by Crippen LogP contribution is 1.44. The van der Waals surface area contributed by atoms with E-state index in [1.54, 1.807) is 14.1 Å². The van der Waals surface area contributed by atoms with Gasteiger partial charge in [-0.15, -0.1) is 0 Å². The Bertz CT molecular complexity index is 70.1. The molecule has 0 fully saturated rings. The first-order valence-corrected chi connectivity index (χ1v) is 2.12. The van der Waals surface area contributed by atoms with Gasteiger partial charge >= 0.3 is 5.91 Å². The van der Waals surface area contributed by atoms with E-state index in [1.807, 2.05) is 0 Å². The number of carbonyl (C=O) groups excluding carboxylic acids is 1. The fraction of sp³-hybridized carbons (Fsp3) is 0.750. The lowest BCUT2D eigenvalue weighted by Gasteiger charge is -1.98. The Hall–Kier alpha value is -0.410. The van der Waals surface area contributed by atoms with Crippen molar-refractivity contribution in [2.45, 2.75) is 0 Å². The zero-order valence-corrected chi connectivity index (χ0v) is 4.56. The summed E-state index contributed by atoms with van der Waals surface area (Å²) in [7, 11) is 3.36. The molecule has 1 amide bonds. The van der Waals surface area contributed by atoms with Gasteiger partial charge in [0, 0.05) is 0 Å². The van der Waals surface area contributed by atoms with Crippen molar-refractivity contribution >= 4 is 5.91 Å². The van der Waals surface area contributed by atoms with Crippen LogP contribution in [0.5, 0.6) is 0 Å². The Morgan fingerprint density at radius 3 is 2.14 bits per heavy atom. The van der Waals surface area contributed by atoms with Crippen LogP contribution < -0.4 is 4.90 Å². The smallest absolute Gasteiger partial charge is 0.337 e. The van der Waals surface area contributed by atoms with Gasteiger partial charge < -0.3 is 5.11 Å². The van der Waals surface area contributed by atoms with Gasteiger partial charge in [0.25, 0.3) is 0 Å². The Balaban J connectivity index is 3.35. The summed E-state index contributed by atoms with van der Waals surface area (Å²) in [6, 6.07) is 0. The molecule has 3 nitrogen and oxygen atoms in total. The van der Waals surface area contributed by atoms with Crippen LogP contribution in [0, 0.1) is 0 Å². The molecule has 0 aromatic carbocycles. The average molecular weight is 104 g/mol. The number of amides is 1. The van der Waals surface area contributed by atoms with Gasteiger partial charge in [0.05, 0.1) is 14.1 Å². The minimum absolute atomic E-state index is 0.181. The van der Waals surface area contributed by atoms with E-state index in [1.165, 1.54) is 0 Å². The monoisotopic (exact) mass is 104 g/mol. The first-order valence-electron chi connectivity index (χ1n) is 2.12. The molecule has 42 valence electrons. The lowest BCUT2D eigenvalue weighted by molar-refractivity contribution is -0.775. The van der Waals surface area contributed by atoms with Gasteiger partial charge in [-0.05, 0) is 0 Å². The van der Waals surface area contributed by atoms with Crippen LogP contribution in [-0.2, 0) is 4.79 Å². The highest BCUT2D eigenvalue weighted by molar-refractivity contribution is 5.67.